The van der Waals surface area contributed by atoms with E-state index in [2.05, 4.69) is 19.5 Å². The molecule has 2 saturated heterocycles. The molecule has 0 saturated carbocycles. The third kappa shape index (κ3) is 3.34. The monoisotopic (exact) mass is 365 g/mol. The van der Waals surface area contributed by atoms with E-state index in [9.17, 15) is 4.79 Å². The van der Waals surface area contributed by atoms with Gasteiger partial charge in [0.05, 0.1) is 18.8 Å². The van der Waals surface area contributed by atoms with Crippen molar-refractivity contribution < 1.29 is 9.53 Å². The molecule has 1 amide bonds. The molecule has 2 aromatic rings. The maximum Gasteiger partial charge on any atom is 0.275 e. The first kappa shape index (κ1) is 16.1. The number of rotatable bonds is 3. The van der Waals surface area contributed by atoms with Gasteiger partial charge in [-0.2, -0.15) is 0 Å². The van der Waals surface area contributed by atoms with Crippen LogP contribution in [-0.4, -0.2) is 68.7 Å². The summed E-state index contributed by atoms with van der Waals surface area (Å²) in [4.78, 5) is 21.0. The lowest BCUT2D eigenvalue weighted by atomic mass is 9.89. The number of aromatic nitrogens is 3. The Labute approximate surface area is 148 Å². The minimum atomic E-state index is -0.132. The van der Waals surface area contributed by atoms with Crippen molar-refractivity contribution in [3.63, 3.8) is 0 Å². The number of thiazole rings is 1. The van der Waals surface area contributed by atoms with E-state index < -0.39 is 0 Å². The lowest BCUT2D eigenvalue weighted by Crippen LogP contribution is -2.57. The van der Waals surface area contributed by atoms with Crippen molar-refractivity contribution in [3.05, 3.63) is 27.7 Å². The fourth-order valence-corrected chi connectivity index (χ4v) is 4.51. The van der Waals surface area contributed by atoms with Gasteiger partial charge >= 0.3 is 0 Å². The van der Waals surface area contributed by atoms with Crippen LogP contribution in [0, 0.1) is 0 Å². The minimum absolute atomic E-state index is 0.0194. The number of amides is 1. The zero-order valence-electron chi connectivity index (χ0n) is 13.3. The zero-order chi connectivity index (χ0) is 16.4. The van der Waals surface area contributed by atoms with Gasteiger partial charge in [0.2, 0.25) is 0 Å². The molecular formula is C15H19N5O2S2. The van der Waals surface area contributed by atoms with E-state index in [1.54, 1.807) is 16.7 Å². The molecule has 7 nitrogen and oxygen atoms in total. The van der Waals surface area contributed by atoms with Gasteiger partial charge in [0.25, 0.3) is 5.91 Å². The van der Waals surface area contributed by atoms with Crippen molar-refractivity contribution in [2.24, 2.45) is 0 Å². The number of morpholine rings is 1. The van der Waals surface area contributed by atoms with Gasteiger partial charge in [-0.25, -0.2) is 4.98 Å². The highest BCUT2D eigenvalue weighted by atomic mass is 32.1. The van der Waals surface area contributed by atoms with Crippen LogP contribution in [0.4, 0.5) is 0 Å². The molecular weight excluding hydrogens is 346 g/mol. The smallest absolute Gasteiger partial charge is 0.275 e. The second-order valence-corrected chi connectivity index (χ2v) is 7.84. The molecule has 2 fully saturated rings. The molecule has 2 aliphatic rings. The number of likely N-dealkylation sites (tertiary alicyclic amines) is 1. The van der Waals surface area contributed by atoms with Gasteiger partial charge in [-0.15, -0.1) is 16.4 Å². The Morgan fingerprint density at radius 1 is 1.33 bits per heavy atom. The first-order chi connectivity index (χ1) is 11.7. The zero-order valence-corrected chi connectivity index (χ0v) is 14.9. The Balaban J connectivity index is 1.36. The summed E-state index contributed by atoms with van der Waals surface area (Å²) in [6.07, 6.45) is 3.59. The van der Waals surface area contributed by atoms with Crippen LogP contribution in [0.25, 0.3) is 0 Å². The van der Waals surface area contributed by atoms with E-state index in [1.165, 1.54) is 11.5 Å². The van der Waals surface area contributed by atoms with Crippen LogP contribution in [-0.2, 0) is 11.3 Å². The fourth-order valence-electron chi connectivity index (χ4n) is 3.42. The first-order valence-electron chi connectivity index (χ1n) is 8.05. The molecule has 24 heavy (non-hydrogen) atoms. The highest BCUT2D eigenvalue weighted by Gasteiger charge is 2.41. The lowest BCUT2D eigenvalue weighted by molar-refractivity contribution is -0.134. The molecule has 9 heteroatoms. The van der Waals surface area contributed by atoms with Crippen LogP contribution < -0.4 is 0 Å². The Kier molecular flexibility index (Phi) is 4.57. The molecule has 1 spiro atoms. The molecule has 2 aromatic heterocycles. The second kappa shape index (κ2) is 6.83. The number of ether oxygens (including phenoxy) is 1. The Bertz CT molecular complexity index is 668. The maximum absolute atomic E-state index is 12.4. The Hall–Kier alpha value is -1.42. The molecule has 4 heterocycles. The SMILES string of the molecule is O=C(c1csnn1)N1CCC2(CC1)CN(Cc1nccs1)CCO2. The van der Waals surface area contributed by atoms with E-state index >= 15 is 0 Å². The molecule has 0 aliphatic carbocycles. The minimum Gasteiger partial charge on any atom is -0.372 e. The van der Waals surface area contributed by atoms with Gasteiger partial charge in [-0.1, -0.05) is 4.49 Å². The summed E-state index contributed by atoms with van der Waals surface area (Å²) in [7, 11) is 0. The largest absolute Gasteiger partial charge is 0.372 e. The highest BCUT2D eigenvalue weighted by Crippen LogP contribution is 2.31. The van der Waals surface area contributed by atoms with E-state index in [-0.39, 0.29) is 11.5 Å². The number of carbonyl (C=O) groups excluding carboxylic acids is 1. The van der Waals surface area contributed by atoms with Crippen LogP contribution in [0.1, 0.15) is 28.3 Å². The summed E-state index contributed by atoms with van der Waals surface area (Å²) in [6, 6.07) is 0. The first-order valence-corrected chi connectivity index (χ1v) is 9.77. The summed E-state index contributed by atoms with van der Waals surface area (Å²) in [5.41, 5.74) is 0.318. The average molecular weight is 365 g/mol. The number of piperidine rings is 1. The molecule has 0 unspecified atom stereocenters. The summed E-state index contributed by atoms with van der Waals surface area (Å²) >= 11 is 2.91. The molecule has 4 rings (SSSR count). The summed E-state index contributed by atoms with van der Waals surface area (Å²) in [5.74, 6) is -0.0194. The molecule has 128 valence electrons. The standard InChI is InChI=1S/C15H19N5O2S2/c21-14(12-10-24-18-17-12)20-4-1-15(2-5-20)11-19(6-7-22-15)9-13-16-3-8-23-13/h3,8,10H,1-2,4-7,9,11H2. The number of carbonyl (C=O) groups is 1. The number of nitrogens with zero attached hydrogens (tertiary/aromatic N) is 5. The van der Waals surface area contributed by atoms with E-state index in [1.807, 2.05) is 16.5 Å². The van der Waals surface area contributed by atoms with Crippen molar-refractivity contribution in [3.8, 4) is 0 Å². The molecule has 0 aromatic carbocycles. The van der Waals surface area contributed by atoms with Crippen LogP contribution in [0.15, 0.2) is 17.0 Å². The van der Waals surface area contributed by atoms with E-state index in [0.717, 1.165) is 44.1 Å². The fraction of sp³-hybridized carbons (Fsp3) is 0.600. The molecule has 0 atom stereocenters. The normalized spacial score (nSPS) is 21.2. The van der Waals surface area contributed by atoms with Crippen molar-refractivity contribution in [2.75, 3.05) is 32.8 Å². The van der Waals surface area contributed by atoms with Crippen LogP contribution in [0.5, 0.6) is 0 Å². The van der Waals surface area contributed by atoms with Crippen molar-refractivity contribution in [1.82, 2.24) is 24.4 Å². The summed E-state index contributed by atoms with van der Waals surface area (Å²) < 4.78 is 9.93. The average Bonchev–Trinajstić information content (AvgIpc) is 3.29. The van der Waals surface area contributed by atoms with Crippen molar-refractivity contribution in [1.29, 1.82) is 0 Å². The van der Waals surface area contributed by atoms with Crippen molar-refractivity contribution in [2.45, 2.75) is 25.0 Å². The van der Waals surface area contributed by atoms with Crippen molar-refractivity contribution >= 4 is 28.8 Å². The third-order valence-electron chi connectivity index (χ3n) is 4.71. The quantitative estimate of drug-likeness (QED) is 0.821. The predicted octanol–water partition coefficient (Wildman–Crippen LogP) is 1.50. The van der Waals surface area contributed by atoms with Gasteiger partial charge in [0, 0.05) is 43.1 Å². The molecule has 0 radical (unpaired) electrons. The molecule has 0 bridgehead atoms. The third-order valence-corrected chi connectivity index (χ3v) is 5.98. The van der Waals surface area contributed by atoms with Crippen LogP contribution in [0.2, 0.25) is 0 Å². The maximum atomic E-state index is 12.4. The number of hydrogen-bond acceptors (Lipinski definition) is 8. The molecule has 0 N–H and O–H groups in total. The lowest BCUT2D eigenvalue weighted by Gasteiger charge is -2.47. The Morgan fingerprint density at radius 3 is 2.92 bits per heavy atom. The van der Waals surface area contributed by atoms with Gasteiger partial charge in [0.15, 0.2) is 5.69 Å². The van der Waals surface area contributed by atoms with Gasteiger partial charge in [-0.3, -0.25) is 9.69 Å². The van der Waals surface area contributed by atoms with Crippen LogP contribution in [0.3, 0.4) is 0 Å². The second-order valence-electron chi connectivity index (χ2n) is 6.25. The Morgan fingerprint density at radius 2 is 2.21 bits per heavy atom. The molecule has 2 aliphatic heterocycles. The van der Waals surface area contributed by atoms with E-state index in [4.69, 9.17) is 4.74 Å². The van der Waals surface area contributed by atoms with E-state index in [0.29, 0.717) is 18.8 Å². The summed E-state index contributed by atoms with van der Waals surface area (Å²) in [5, 5.41) is 8.75. The van der Waals surface area contributed by atoms with Crippen LogP contribution >= 0.6 is 22.9 Å². The highest BCUT2D eigenvalue weighted by molar-refractivity contribution is 7.09. The predicted molar refractivity (Wildman–Crippen MR) is 91.1 cm³/mol. The van der Waals surface area contributed by atoms with Gasteiger partial charge < -0.3 is 9.64 Å². The topological polar surface area (TPSA) is 71.5 Å². The number of hydrogen-bond donors (Lipinski definition) is 0. The van der Waals surface area contributed by atoms with Gasteiger partial charge in [-0.05, 0) is 24.4 Å². The summed E-state index contributed by atoms with van der Waals surface area (Å²) in [6.45, 7) is 4.90. The van der Waals surface area contributed by atoms with Gasteiger partial charge in [0.1, 0.15) is 5.01 Å².